The monoisotopic (exact) mass is 543 g/mol. The van der Waals surface area contributed by atoms with Crippen molar-refractivity contribution in [1.29, 1.82) is 0 Å². The number of hydrogen-bond acceptors (Lipinski definition) is 2. The molecule has 0 radical (unpaired) electrons. The Bertz CT molecular complexity index is 2070. The minimum atomic E-state index is -0.0955. The van der Waals surface area contributed by atoms with E-state index in [0.29, 0.717) is 0 Å². The van der Waals surface area contributed by atoms with Gasteiger partial charge in [-0.15, -0.1) is 11.3 Å². The molecule has 7 aromatic rings. The molecule has 1 aromatic heterocycles. The maximum atomic E-state index is 2.42. The van der Waals surface area contributed by atoms with Gasteiger partial charge in [0.05, 0.1) is 0 Å². The van der Waals surface area contributed by atoms with Crippen molar-refractivity contribution in [3.8, 4) is 22.3 Å². The van der Waals surface area contributed by atoms with E-state index in [2.05, 4.69) is 158 Å². The molecule has 0 unspecified atom stereocenters. The van der Waals surface area contributed by atoms with E-state index in [4.69, 9.17) is 0 Å². The van der Waals surface area contributed by atoms with Gasteiger partial charge in [-0.2, -0.15) is 0 Å². The van der Waals surface area contributed by atoms with E-state index >= 15 is 0 Å². The topological polar surface area (TPSA) is 3.24 Å². The molecule has 0 amide bonds. The van der Waals surface area contributed by atoms with Gasteiger partial charge in [0, 0.05) is 42.6 Å². The normalized spacial score (nSPS) is 13.3. The van der Waals surface area contributed by atoms with Crippen molar-refractivity contribution in [2.75, 3.05) is 4.90 Å². The summed E-state index contributed by atoms with van der Waals surface area (Å²) in [6.45, 7) is 4.74. The Kier molecular flexibility index (Phi) is 5.42. The summed E-state index contributed by atoms with van der Waals surface area (Å²) in [5.41, 5.74) is 11.4. The molecule has 1 aliphatic carbocycles. The van der Waals surface area contributed by atoms with E-state index in [9.17, 15) is 0 Å². The first-order chi connectivity index (χ1) is 20.1. The van der Waals surface area contributed by atoms with Gasteiger partial charge in [-0.3, -0.25) is 0 Å². The Labute approximate surface area is 245 Å². The van der Waals surface area contributed by atoms with Gasteiger partial charge in [-0.25, -0.2) is 0 Å². The molecule has 6 aromatic carbocycles. The number of rotatable bonds is 4. The predicted octanol–water partition coefficient (Wildman–Crippen LogP) is 11.5. The van der Waals surface area contributed by atoms with Gasteiger partial charge in [0.15, 0.2) is 0 Å². The van der Waals surface area contributed by atoms with Gasteiger partial charge in [0.1, 0.15) is 0 Å². The van der Waals surface area contributed by atoms with Crippen LogP contribution in [0.4, 0.5) is 17.1 Å². The van der Waals surface area contributed by atoms with Crippen LogP contribution in [-0.2, 0) is 5.41 Å². The van der Waals surface area contributed by atoms with E-state index < -0.39 is 0 Å². The van der Waals surface area contributed by atoms with Crippen LogP contribution in [0.2, 0.25) is 0 Å². The molecular weight excluding hydrogens is 515 g/mol. The number of fused-ring (bicyclic) bond motifs is 6. The van der Waals surface area contributed by atoms with Crippen molar-refractivity contribution in [3.63, 3.8) is 0 Å². The maximum Gasteiger partial charge on any atom is 0.0474 e. The predicted molar refractivity (Wildman–Crippen MR) is 177 cm³/mol. The van der Waals surface area contributed by atoms with Crippen LogP contribution in [0.25, 0.3) is 42.4 Å². The van der Waals surface area contributed by atoms with Crippen molar-refractivity contribution in [3.05, 3.63) is 151 Å². The van der Waals surface area contributed by atoms with Crippen LogP contribution in [0.1, 0.15) is 25.0 Å². The zero-order chi connectivity index (χ0) is 27.6. The smallest absolute Gasteiger partial charge is 0.0474 e. The van der Waals surface area contributed by atoms with Crippen LogP contribution in [0.5, 0.6) is 0 Å². The third-order valence-electron chi connectivity index (χ3n) is 8.61. The molecule has 0 N–H and O–H groups in total. The van der Waals surface area contributed by atoms with Gasteiger partial charge >= 0.3 is 0 Å². The second-order valence-corrected chi connectivity index (χ2v) is 12.5. The van der Waals surface area contributed by atoms with E-state index in [1.54, 1.807) is 0 Å². The second-order valence-electron chi connectivity index (χ2n) is 11.4. The molecule has 8 rings (SSSR count). The Morgan fingerprint density at radius 1 is 0.488 bits per heavy atom. The van der Waals surface area contributed by atoms with Crippen molar-refractivity contribution in [2.45, 2.75) is 19.3 Å². The molecule has 0 bridgehead atoms. The van der Waals surface area contributed by atoms with E-state index in [0.717, 1.165) is 11.4 Å². The third kappa shape index (κ3) is 3.75. The standard InChI is InChI=1S/C39H29NS/c1-39(2)35-19-11-9-17-30(35)34-25-29(24-32(38(34)39)26-13-5-3-6-14-26)40(27-15-7-4-8-16-27)28-21-22-37-33(23-28)31-18-10-12-20-36(31)41-37/h3-25H,1-2H3. The molecule has 0 spiro atoms. The molecule has 0 aliphatic heterocycles. The second kappa shape index (κ2) is 9.19. The first-order valence-corrected chi connectivity index (χ1v) is 15.0. The van der Waals surface area contributed by atoms with Crippen molar-refractivity contribution in [1.82, 2.24) is 0 Å². The Morgan fingerprint density at radius 3 is 1.98 bits per heavy atom. The molecule has 0 fully saturated rings. The SMILES string of the molecule is CC1(C)c2ccccc2-c2cc(N(c3ccccc3)c3ccc4sc5ccccc5c4c3)cc(-c3ccccc3)c21. The summed E-state index contributed by atoms with van der Waals surface area (Å²) >= 11 is 1.86. The summed E-state index contributed by atoms with van der Waals surface area (Å²) in [6, 6.07) is 51.1. The fraction of sp³-hybridized carbons (Fsp3) is 0.0769. The van der Waals surface area contributed by atoms with Gasteiger partial charge in [0.2, 0.25) is 0 Å². The fourth-order valence-corrected chi connectivity index (χ4v) is 7.85. The highest BCUT2D eigenvalue weighted by atomic mass is 32.1. The molecule has 0 saturated carbocycles. The first-order valence-electron chi connectivity index (χ1n) is 14.2. The number of nitrogens with zero attached hydrogens (tertiary/aromatic N) is 1. The van der Waals surface area contributed by atoms with Gasteiger partial charge < -0.3 is 4.90 Å². The quantitative estimate of drug-likeness (QED) is 0.213. The molecule has 1 nitrogen and oxygen atoms in total. The van der Waals surface area contributed by atoms with Crippen molar-refractivity contribution < 1.29 is 0 Å². The van der Waals surface area contributed by atoms with Gasteiger partial charge in [-0.05, 0) is 81.9 Å². The largest absolute Gasteiger partial charge is 0.310 e. The average Bonchev–Trinajstić information content (AvgIpc) is 3.50. The lowest BCUT2D eigenvalue weighted by atomic mass is 9.78. The number of para-hydroxylation sites is 1. The first kappa shape index (κ1) is 24.2. The zero-order valence-electron chi connectivity index (χ0n) is 23.1. The van der Waals surface area contributed by atoms with Gasteiger partial charge in [-0.1, -0.05) is 105 Å². The molecule has 1 aliphatic rings. The highest BCUT2D eigenvalue weighted by Crippen LogP contribution is 2.54. The number of hydrogen-bond donors (Lipinski definition) is 0. The van der Waals surface area contributed by atoms with Crippen LogP contribution >= 0.6 is 11.3 Å². The van der Waals surface area contributed by atoms with Crippen molar-refractivity contribution in [2.24, 2.45) is 0 Å². The molecule has 196 valence electrons. The summed E-state index contributed by atoms with van der Waals surface area (Å²) < 4.78 is 2.64. The van der Waals surface area contributed by atoms with Crippen LogP contribution in [0.15, 0.2) is 140 Å². The van der Waals surface area contributed by atoms with Crippen LogP contribution in [0.3, 0.4) is 0 Å². The number of anilines is 3. The minimum Gasteiger partial charge on any atom is -0.310 e. The van der Waals surface area contributed by atoms with Gasteiger partial charge in [0.25, 0.3) is 0 Å². The lowest BCUT2D eigenvalue weighted by molar-refractivity contribution is 0.662. The summed E-state index contributed by atoms with van der Waals surface area (Å²) in [7, 11) is 0. The molecule has 41 heavy (non-hydrogen) atoms. The van der Waals surface area contributed by atoms with E-state index in [-0.39, 0.29) is 5.41 Å². The number of thiophene rings is 1. The summed E-state index contributed by atoms with van der Waals surface area (Å²) in [5, 5.41) is 2.62. The van der Waals surface area contributed by atoms with E-state index in [1.807, 2.05) is 11.3 Å². The summed E-state index contributed by atoms with van der Waals surface area (Å²) in [6.07, 6.45) is 0. The lowest BCUT2D eigenvalue weighted by Gasteiger charge is -2.29. The molecule has 2 heteroatoms. The highest BCUT2D eigenvalue weighted by molar-refractivity contribution is 7.25. The fourth-order valence-electron chi connectivity index (χ4n) is 6.76. The zero-order valence-corrected chi connectivity index (χ0v) is 24.0. The average molecular weight is 544 g/mol. The van der Waals surface area contributed by atoms with E-state index in [1.165, 1.54) is 59.2 Å². The highest BCUT2D eigenvalue weighted by Gasteiger charge is 2.38. The Hall–Kier alpha value is -4.66. The molecule has 1 heterocycles. The van der Waals surface area contributed by atoms with Crippen LogP contribution in [-0.4, -0.2) is 0 Å². The van der Waals surface area contributed by atoms with Crippen molar-refractivity contribution >= 4 is 48.6 Å². The third-order valence-corrected chi connectivity index (χ3v) is 9.77. The molecule has 0 saturated heterocycles. The maximum absolute atomic E-state index is 2.42. The van der Waals surface area contributed by atoms with Crippen LogP contribution < -0.4 is 4.90 Å². The minimum absolute atomic E-state index is 0.0955. The Morgan fingerprint density at radius 2 is 1.15 bits per heavy atom. The summed E-state index contributed by atoms with van der Waals surface area (Å²) in [4.78, 5) is 2.42. The summed E-state index contributed by atoms with van der Waals surface area (Å²) in [5.74, 6) is 0. The lowest BCUT2D eigenvalue weighted by Crippen LogP contribution is -2.17. The molecule has 0 atom stereocenters. The Balaban J connectivity index is 1.43. The number of benzene rings is 6. The molecular formula is C39H29NS. The van der Waals surface area contributed by atoms with Crippen LogP contribution in [0, 0.1) is 0 Å².